The van der Waals surface area contributed by atoms with Crippen LogP contribution in [-0.2, 0) is 0 Å². The Morgan fingerprint density at radius 3 is 2.12 bits per heavy atom. The normalized spacial score (nSPS) is 12.8. The largest absolute Gasteiger partial charge is 0.497 e. The van der Waals surface area contributed by atoms with Gasteiger partial charge >= 0.3 is 6.18 Å². The Balaban J connectivity index is 0.00000225. The van der Waals surface area contributed by atoms with Crippen molar-refractivity contribution in [2.45, 2.75) is 18.6 Å². The predicted octanol–water partition coefficient (Wildman–Crippen LogP) is 3.07. The Morgan fingerprint density at radius 2 is 1.75 bits per heavy atom. The fourth-order valence-corrected chi connectivity index (χ4v) is 1.22. The van der Waals surface area contributed by atoms with Gasteiger partial charge in [-0.2, -0.15) is 13.2 Å². The summed E-state index contributed by atoms with van der Waals surface area (Å²) < 4.78 is 41.0. The Kier molecular flexibility index (Phi) is 5.61. The minimum absolute atomic E-state index is 0. The minimum Gasteiger partial charge on any atom is -0.497 e. The summed E-state index contributed by atoms with van der Waals surface area (Å²) in [4.78, 5) is 0. The van der Waals surface area contributed by atoms with Gasteiger partial charge in [0.05, 0.1) is 13.5 Å². The van der Waals surface area contributed by atoms with E-state index in [1.807, 2.05) is 0 Å². The maximum atomic E-state index is 12.0. The van der Waals surface area contributed by atoms with Crippen LogP contribution < -0.4 is 10.5 Å². The molecular weight excluding hydrogens is 243 g/mol. The molecule has 0 amide bonds. The van der Waals surface area contributed by atoms with Crippen LogP contribution in [0.4, 0.5) is 13.2 Å². The molecule has 0 aliphatic heterocycles. The summed E-state index contributed by atoms with van der Waals surface area (Å²) in [7, 11) is 1.49. The summed E-state index contributed by atoms with van der Waals surface area (Å²) in [5.41, 5.74) is 5.86. The van der Waals surface area contributed by atoms with Crippen molar-refractivity contribution >= 4 is 12.4 Å². The highest BCUT2D eigenvalue weighted by atomic mass is 35.5. The second-order valence-corrected chi connectivity index (χ2v) is 3.20. The van der Waals surface area contributed by atoms with Gasteiger partial charge in [-0.25, -0.2) is 0 Å². The fraction of sp³-hybridized carbons (Fsp3) is 0.400. The molecule has 1 rings (SSSR count). The Morgan fingerprint density at radius 1 is 1.25 bits per heavy atom. The molecule has 0 unspecified atom stereocenters. The summed E-state index contributed by atoms with van der Waals surface area (Å²) in [6.45, 7) is 0. The quantitative estimate of drug-likeness (QED) is 0.901. The lowest BCUT2D eigenvalue weighted by Crippen LogP contribution is -2.20. The van der Waals surface area contributed by atoms with Gasteiger partial charge in [-0.15, -0.1) is 12.4 Å². The van der Waals surface area contributed by atoms with Crippen molar-refractivity contribution in [3.63, 3.8) is 0 Å². The van der Waals surface area contributed by atoms with E-state index in [4.69, 9.17) is 10.5 Å². The number of benzene rings is 1. The first-order chi connectivity index (χ1) is 6.92. The molecule has 0 saturated heterocycles. The first-order valence-electron chi connectivity index (χ1n) is 4.38. The Bertz CT molecular complexity index is 313. The van der Waals surface area contributed by atoms with Crippen molar-refractivity contribution < 1.29 is 17.9 Å². The van der Waals surface area contributed by atoms with Gasteiger partial charge in [0.15, 0.2) is 0 Å². The van der Waals surface area contributed by atoms with Crippen LogP contribution in [-0.4, -0.2) is 13.3 Å². The number of nitrogens with two attached hydrogens (primary N) is 1. The maximum absolute atomic E-state index is 12.0. The molecule has 6 heteroatoms. The van der Waals surface area contributed by atoms with Crippen LogP contribution in [0.3, 0.4) is 0 Å². The highest BCUT2D eigenvalue weighted by Gasteiger charge is 2.30. The van der Waals surface area contributed by atoms with E-state index in [-0.39, 0.29) is 12.4 Å². The molecule has 0 radical (unpaired) electrons. The summed E-state index contributed by atoms with van der Waals surface area (Å²) in [5.74, 6) is 0.595. The third-order valence-electron chi connectivity index (χ3n) is 2.00. The van der Waals surface area contributed by atoms with E-state index < -0.39 is 18.6 Å². The van der Waals surface area contributed by atoms with E-state index >= 15 is 0 Å². The van der Waals surface area contributed by atoms with Gasteiger partial charge in [0.1, 0.15) is 5.75 Å². The number of alkyl halides is 3. The summed E-state index contributed by atoms with van der Waals surface area (Å²) in [6.07, 6.45) is -5.25. The van der Waals surface area contributed by atoms with Gasteiger partial charge in [0.25, 0.3) is 0 Å². The zero-order valence-electron chi connectivity index (χ0n) is 8.62. The van der Waals surface area contributed by atoms with Crippen LogP contribution in [0.5, 0.6) is 5.75 Å². The van der Waals surface area contributed by atoms with Gasteiger partial charge in [0.2, 0.25) is 0 Å². The molecule has 0 saturated carbocycles. The van der Waals surface area contributed by atoms with Crippen molar-refractivity contribution in [1.82, 2.24) is 0 Å². The molecular formula is C10H13ClF3NO. The zero-order chi connectivity index (χ0) is 11.5. The average molecular weight is 256 g/mol. The SMILES string of the molecule is COc1ccc([C@H](N)CC(F)(F)F)cc1.Cl. The van der Waals surface area contributed by atoms with E-state index in [0.717, 1.165) is 0 Å². The monoisotopic (exact) mass is 255 g/mol. The molecule has 0 aliphatic rings. The lowest BCUT2D eigenvalue weighted by molar-refractivity contribution is -0.138. The molecule has 92 valence electrons. The van der Waals surface area contributed by atoms with Gasteiger partial charge in [-0.3, -0.25) is 0 Å². The van der Waals surface area contributed by atoms with E-state index in [1.165, 1.54) is 19.2 Å². The fourth-order valence-electron chi connectivity index (χ4n) is 1.22. The molecule has 0 spiro atoms. The molecule has 0 fully saturated rings. The predicted molar refractivity (Wildman–Crippen MR) is 57.8 cm³/mol. The second kappa shape index (κ2) is 5.96. The zero-order valence-corrected chi connectivity index (χ0v) is 9.44. The van der Waals surface area contributed by atoms with E-state index in [9.17, 15) is 13.2 Å². The Labute approximate surface area is 98.0 Å². The first-order valence-corrected chi connectivity index (χ1v) is 4.38. The van der Waals surface area contributed by atoms with Gasteiger partial charge < -0.3 is 10.5 Å². The van der Waals surface area contributed by atoms with Crippen LogP contribution in [0, 0.1) is 0 Å². The summed E-state index contributed by atoms with van der Waals surface area (Å²) in [6, 6.07) is 5.23. The van der Waals surface area contributed by atoms with E-state index in [1.54, 1.807) is 12.1 Å². The van der Waals surface area contributed by atoms with Crippen molar-refractivity contribution in [3.05, 3.63) is 29.8 Å². The molecule has 0 bridgehead atoms. The van der Waals surface area contributed by atoms with Gasteiger partial charge in [-0.1, -0.05) is 12.1 Å². The minimum atomic E-state index is -4.24. The number of rotatable bonds is 3. The van der Waals surface area contributed by atoms with Crippen LogP contribution in [0.1, 0.15) is 18.0 Å². The standard InChI is InChI=1S/C10H12F3NO.ClH/c1-15-8-4-2-7(3-5-8)9(14)6-10(11,12)13;/h2-5,9H,6,14H2,1H3;1H/t9-;/m1./s1. The van der Waals surface area contributed by atoms with Crippen LogP contribution in [0.15, 0.2) is 24.3 Å². The lowest BCUT2D eigenvalue weighted by Gasteiger charge is -2.14. The molecule has 0 aliphatic carbocycles. The molecule has 0 aromatic heterocycles. The Hall–Kier alpha value is -0.940. The molecule has 1 aromatic rings. The van der Waals surface area contributed by atoms with Crippen molar-refractivity contribution in [3.8, 4) is 5.75 Å². The number of hydrogen-bond acceptors (Lipinski definition) is 2. The molecule has 2 N–H and O–H groups in total. The van der Waals surface area contributed by atoms with Crippen molar-refractivity contribution in [2.75, 3.05) is 7.11 Å². The van der Waals surface area contributed by atoms with E-state index in [0.29, 0.717) is 11.3 Å². The topological polar surface area (TPSA) is 35.2 Å². The van der Waals surface area contributed by atoms with Gasteiger partial charge in [-0.05, 0) is 17.7 Å². The first kappa shape index (κ1) is 15.1. The van der Waals surface area contributed by atoms with Gasteiger partial charge in [0, 0.05) is 6.04 Å². The van der Waals surface area contributed by atoms with Crippen molar-refractivity contribution in [2.24, 2.45) is 5.73 Å². The maximum Gasteiger partial charge on any atom is 0.390 e. The van der Waals surface area contributed by atoms with Crippen LogP contribution in [0.2, 0.25) is 0 Å². The van der Waals surface area contributed by atoms with Crippen LogP contribution in [0.25, 0.3) is 0 Å². The third-order valence-corrected chi connectivity index (χ3v) is 2.00. The van der Waals surface area contributed by atoms with Crippen LogP contribution >= 0.6 is 12.4 Å². The highest BCUT2D eigenvalue weighted by Crippen LogP contribution is 2.28. The smallest absolute Gasteiger partial charge is 0.390 e. The number of ether oxygens (including phenoxy) is 1. The lowest BCUT2D eigenvalue weighted by atomic mass is 10.0. The summed E-state index contributed by atoms with van der Waals surface area (Å²) in [5, 5.41) is 0. The molecule has 1 aromatic carbocycles. The highest BCUT2D eigenvalue weighted by molar-refractivity contribution is 5.85. The molecule has 16 heavy (non-hydrogen) atoms. The van der Waals surface area contributed by atoms with Crippen molar-refractivity contribution in [1.29, 1.82) is 0 Å². The van der Waals surface area contributed by atoms with E-state index in [2.05, 4.69) is 0 Å². The average Bonchev–Trinajstić information content (AvgIpc) is 2.15. The molecule has 1 atom stereocenters. The number of hydrogen-bond donors (Lipinski definition) is 1. The second-order valence-electron chi connectivity index (χ2n) is 3.20. The molecule has 0 heterocycles. The number of methoxy groups -OCH3 is 1. The summed E-state index contributed by atoms with van der Waals surface area (Å²) >= 11 is 0. The molecule has 2 nitrogen and oxygen atoms in total. The third kappa shape index (κ3) is 4.72. The number of halogens is 4.